The molecule has 1 N–H and O–H groups in total. The van der Waals surface area contributed by atoms with Gasteiger partial charge in [-0.3, -0.25) is 10.1 Å². The number of benzene rings is 2. The van der Waals surface area contributed by atoms with Crippen LogP contribution in [0, 0.1) is 20.8 Å². The average molecular weight is 401 g/mol. The molecule has 24 heavy (non-hydrogen) atoms. The molecule has 0 atom stereocenters. The SMILES string of the molecule is Cc1cc(C)c(-c2csc(NC(=O)c3ccc(Br)cc3)n2)cc1C. The average Bonchev–Trinajstić information content (AvgIpc) is 2.99. The smallest absolute Gasteiger partial charge is 0.257 e. The summed E-state index contributed by atoms with van der Waals surface area (Å²) in [5, 5.41) is 5.45. The van der Waals surface area contributed by atoms with Gasteiger partial charge in [0.2, 0.25) is 0 Å². The van der Waals surface area contributed by atoms with Crippen LogP contribution in [0.2, 0.25) is 0 Å². The van der Waals surface area contributed by atoms with Crippen molar-refractivity contribution in [2.75, 3.05) is 5.32 Å². The Kier molecular flexibility index (Phi) is 4.83. The first kappa shape index (κ1) is 16.9. The van der Waals surface area contributed by atoms with E-state index < -0.39 is 0 Å². The van der Waals surface area contributed by atoms with Crippen molar-refractivity contribution in [1.29, 1.82) is 0 Å². The molecule has 0 bridgehead atoms. The Morgan fingerprint density at radius 3 is 2.42 bits per heavy atom. The number of carbonyl (C=O) groups excluding carboxylic acids is 1. The zero-order valence-electron chi connectivity index (χ0n) is 13.7. The minimum atomic E-state index is -0.153. The lowest BCUT2D eigenvalue weighted by Gasteiger charge is -2.07. The molecule has 0 aliphatic rings. The minimum Gasteiger partial charge on any atom is -0.298 e. The monoisotopic (exact) mass is 400 g/mol. The third-order valence-corrected chi connectivity index (χ3v) is 5.23. The fourth-order valence-corrected chi connectivity index (χ4v) is 3.43. The number of carbonyl (C=O) groups is 1. The first-order valence-electron chi connectivity index (χ1n) is 7.54. The van der Waals surface area contributed by atoms with Crippen molar-refractivity contribution < 1.29 is 4.79 Å². The van der Waals surface area contributed by atoms with Crippen molar-refractivity contribution in [3.8, 4) is 11.3 Å². The number of halogens is 1. The van der Waals surface area contributed by atoms with Gasteiger partial charge in [0.25, 0.3) is 5.91 Å². The maximum atomic E-state index is 12.3. The number of hydrogen-bond donors (Lipinski definition) is 1. The topological polar surface area (TPSA) is 42.0 Å². The van der Waals surface area contributed by atoms with Crippen LogP contribution in [0.1, 0.15) is 27.0 Å². The van der Waals surface area contributed by atoms with E-state index in [-0.39, 0.29) is 5.91 Å². The normalized spacial score (nSPS) is 10.7. The van der Waals surface area contributed by atoms with Crippen molar-refractivity contribution in [3.05, 3.63) is 68.5 Å². The molecule has 2 aromatic carbocycles. The number of hydrogen-bond acceptors (Lipinski definition) is 3. The van der Waals surface area contributed by atoms with E-state index in [1.54, 1.807) is 12.1 Å². The first-order chi connectivity index (χ1) is 11.4. The van der Waals surface area contributed by atoms with Crippen LogP contribution in [0.5, 0.6) is 0 Å². The predicted molar refractivity (Wildman–Crippen MR) is 104 cm³/mol. The van der Waals surface area contributed by atoms with Crippen molar-refractivity contribution in [1.82, 2.24) is 4.98 Å². The highest BCUT2D eigenvalue weighted by atomic mass is 79.9. The summed E-state index contributed by atoms with van der Waals surface area (Å²) in [5.74, 6) is -0.153. The van der Waals surface area contributed by atoms with Gasteiger partial charge in [-0.15, -0.1) is 11.3 Å². The molecular weight excluding hydrogens is 384 g/mol. The molecule has 0 aliphatic heterocycles. The highest BCUT2D eigenvalue weighted by Crippen LogP contribution is 2.29. The van der Waals surface area contributed by atoms with Gasteiger partial charge < -0.3 is 0 Å². The van der Waals surface area contributed by atoms with Gasteiger partial charge in [0.1, 0.15) is 0 Å². The van der Waals surface area contributed by atoms with Crippen LogP contribution >= 0.6 is 27.3 Å². The molecule has 0 saturated carbocycles. The molecule has 0 spiro atoms. The van der Waals surface area contributed by atoms with E-state index in [0.717, 1.165) is 15.7 Å². The Balaban J connectivity index is 1.82. The third kappa shape index (κ3) is 3.57. The Bertz CT molecular complexity index is 900. The molecule has 5 heteroatoms. The lowest BCUT2D eigenvalue weighted by atomic mass is 9.99. The van der Waals surface area contributed by atoms with Gasteiger partial charge >= 0.3 is 0 Å². The minimum absolute atomic E-state index is 0.153. The molecule has 0 aliphatic carbocycles. The molecule has 1 heterocycles. The summed E-state index contributed by atoms with van der Waals surface area (Å²) in [5.41, 5.74) is 6.32. The second kappa shape index (κ2) is 6.87. The fraction of sp³-hybridized carbons (Fsp3) is 0.158. The molecule has 3 aromatic rings. The number of nitrogens with one attached hydrogen (secondary N) is 1. The quantitative estimate of drug-likeness (QED) is 0.607. The van der Waals surface area contributed by atoms with E-state index in [9.17, 15) is 4.79 Å². The summed E-state index contributed by atoms with van der Waals surface area (Å²) < 4.78 is 0.945. The van der Waals surface area contributed by atoms with E-state index in [4.69, 9.17) is 0 Å². The highest BCUT2D eigenvalue weighted by molar-refractivity contribution is 9.10. The van der Waals surface area contributed by atoms with Crippen LogP contribution in [0.4, 0.5) is 5.13 Å². The predicted octanol–water partition coefficient (Wildman–Crippen LogP) is 5.75. The lowest BCUT2D eigenvalue weighted by molar-refractivity contribution is 0.102. The molecule has 0 saturated heterocycles. The molecule has 0 unspecified atom stereocenters. The van der Waals surface area contributed by atoms with Crippen LogP contribution in [0.25, 0.3) is 11.3 Å². The summed E-state index contributed by atoms with van der Waals surface area (Å²) >= 11 is 4.80. The Morgan fingerprint density at radius 2 is 1.71 bits per heavy atom. The summed E-state index contributed by atoms with van der Waals surface area (Å²) in [6, 6.07) is 11.6. The van der Waals surface area contributed by atoms with Crippen LogP contribution < -0.4 is 5.32 Å². The maximum Gasteiger partial charge on any atom is 0.257 e. The maximum absolute atomic E-state index is 12.3. The van der Waals surface area contributed by atoms with Crippen LogP contribution in [0.3, 0.4) is 0 Å². The second-order valence-corrected chi connectivity index (χ2v) is 7.52. The van der Waals surface area contributed by atoms with Crippen molar-refractivity contribution in [3.63, 3.8) is 0 Å². The number of nitrogens with zero attached hydrogens (tertiary/aromatic N) is 1. The van der Waals surface area contributed by atoms with Gasteiger partial charge in [-0.2, -0.15) is 0 Å². The summed E-state index contributed by atoms with van der Waals surface area (Å²) in [6.07, 6.45) is 0. The van der Waals surface area contributed by atoms with E-state index in [1.165, 1.54) is 28.0 Å². The zero-order chi connectivity index (χ0) is 17.3. The van der Waals surface area contributed by atoms with E-state index in [1.807, 2.05) is 17.5 Å². The summed E-state index contributed by atoms with van der Waals surface area (Å²) in [7, 11) is 0. The molecule has 0 radical (unpaired) electrons. The zero-order valence-corrected chi connectivity index (χ0v) is 16.1. The van der Waals surface area contributed by atoms with Crippen molar-refractivity contribution in [2.45, 2.75) is 20.8 Å². The van der Waals surface area contributed by atoms with Gasteiger partial charge in [-0.25, -0.2) is 4.98 Å². The molecule has 3 nitrogen and oxygen atoms in total. The number of aryl methyl sites for hydroxylation is 3. The molecule has 1 aromatic heterocycles. The van der Waals surface area contributed by atoms with Gasteiger partial charge in [0.15, 0.2) is 5.13 Å². The lowest BCUT2D eigenvalue weighted by Crippen LogP contribution is -2.11. The van der Waals surface area contributed by atoms with Crippen molar-refractivity contribution in [2.24, 2.45) is 0 Å². The highest BCUT2D eigenvalue weighted by Gasteiger charge is 2.12. The molecule has 0 fully saturated rings. The summed E-state index contributed by atoms with van der Waals surface area (Å²) in [4.78, 5) is 16.8. The Hall–Kier alpha value is -1.98. The molecule has 122 valence electrons. The largest absolute Gasteiger partial charge is 0.298 e. The second-order valence-electron chi connectivity index (χ2n) is 5.75. The third-order valence-electron chi connectivity index (χ3n) is 3.95. The molecule has 1 amide bonds. The van der Waals surface area contributed by atoms with Gasteiger partial charge in [-0.1, -0.05) is 22.0 Å². The van der Waals surface area contributed by atoms with Gasteiger partial charge in [-0.05, 0) is 67.8 Å². The van der Waals surface area contributed by atoms with Crippen LogP contribution in [-0.2, 0) is 0 Å². The number of aromatic nitrogens is 1. The van der Waals surface area contributed by atoms with Crippen LogP contribution in [-0.4, -0.2) is 10.9 Å². The summed E-state index contributed by atoms with van der Waals surface area (Å²) in [6.45, 7) is 6.29. The molecule has 3 rings (SSSR count). The van der Waals surface area contributed by atoms with Gasteiger partial charge in [0, 0.05) is 21.0 Å². The van der Waals surface area contributed by atoms with Crippen LogP contribution in [0.15, 0.2) is 46.3 Å². The molecular formula is C19H17BrN2OS. The van der Waals surface area contributed by atoms with E-state index in [0.29, 0.717) is 10.7 Å². The van der Waals surface area contributed by atoms with Gasteiger partial charge in [0.05, 0.1) is 5.69 Å². The number of amides is 1. The standard InChI is InChI=1S/C19H17BrN2OS/c1-11-8-13(3)16(9-12(11)2)17-10-24-19(21-17)22-18(23)14-4-6-15(20)7-5-14/h4-10H,1-3H3,(H,21,22,23). The van der Waals surface area contributed by atoms with E-state index in [2.05, 4.69) is 59.1 Å². The van der Waals surface area contributed by atoms with Crippen molar-refractivity contribution >= 4 is 38.3 Å². The first-order valence-corrected chi connectivity index (χ1v) is 9.22. The fourth-order valence-electron chi connectivity index (χ4n) is 2.46. The number of anilines is 1. The van der Waals surface area contributed by atoms with E-state index >= 15 is 0 Å². The number of thiazole rings is 1. The Labute approximate surface area is 153 Å². The number of rotatable bonds is 3. The Morgan fingerprint density at radius 1 is 1.04 bits per heavy atom.